The van der Waals surface area contributed by atoms with Gasteiger partial charge < -0.3 is 19.7 Å². The van der Waals surface area contributed by atoms with E-state index in [2.05, 4.69) is 0 Å². The molecule has 0 aromatic heterocycles. The summed E-state index contributed by atoms with van der Waals surface area (Å²) in [6.07, 6.45) is -0.150. The predicted molar refractivity (Wildman–Crippen MR) is 186 cm³/mol. The molecular weight excluding hydrogens is 685 g/mol. The summed E-state index contributed by atoms with van der Waals surface area (Å²) in [6.45, 7) is 5.97. The van der Waals surface area contributed by atoms with Gasteiger partial charge in [-0.25, -0.2) is 0 Å². The minimum Gasteiger partial charge on any atom is -0.491 e. The van der Waals surface area contributed by atoms with Crippen LogP contribution in [0.3, 0.4) is 0 Å². The zero-order chi connectivity index (χ0) is 36.6. The van der Waals surface area contributed by atoms with Gasteiger partial charge in [-0.15, -0.1) is 0 Å². The Labute approximate surface area is 293 Å². The molecule has 0 amide bonds. The number of hydrogen-bond donors (Lipinski definition) is 2. The minimum atomic E-state index is -3.90. The third-order valence-electron chi connectivity index (χ3n) is 7.72. The van der Waals surface area contributed by atoms with E-state index in [9.17, 15) is 31.8 Å². The number of Topliss-reactive ketones (excluding diaryl/α,β-unsaturated/α-hetero) is 1. The standard InChI is InChI=1S/C37H42O11S2/c1-27-5-17-33(18-6-27)49(41,42)47-23-21-45-31-13-9-29(10-14-31)25-36(3,39)35(38)37(4,40)26-30-11-15-32(16-12-30)46-22-24-48-50(43,44)34-19-7-28(2)8-20-34/h5-20,39-40H,21-26H2,1-4H3. The maximum Gasteiger partial charge on any atom is 0.297 e. The topological polar surface area (TPSA) is 163 Å². The summed E-state index contributed by atoms with van der Waals surface area (Å²) in [5, 5.41) is 22.2. The van der Waals surface area contributed by atoms with Crippen LogP contribution in [0.1, 0.15) is 36.1 Å². The van der Waals surface area contributed by atoms with Gasteiger partial charge in [-0.05, 0) is 87.4 Å². The van der Waals surface area contributed by atoms with Gasteiger partial charge in [0.25, 0.3) is 20.2 Å². The number of carbonyl (C=O) groups is 1. The Kier molecular flexibility index (Phi) is 12.6. The number of benzene rings is 4. The number of rotatable bonds is 18. The van der Waals surface area contributed by atoms with E-state index in [-0.39, 0.29) is 49.1 Å². The van der Waals surface area contributed by atoms with Crippen molar-refractivity contribution in [2.45, 2.75) is 61.5 Å². The summed E-state index contributed by atoms with van der Waals surface area (Å²) in [5.74, 6) is 0.120. The maximum atomic E-state index is 13.3. The molecule has 0 saturated heterocycles. The number of ketones is 1. The second-order valence-corrected chi connectivity index (χ2v) is 15.6. The number of aliphatic hydroxyl groups is 2. The Bertz CT molecular complexity index is 1790. The zero-order valence-electron chi connectivity index (χ0n) is 28.4. The van der Waals surface area contributed by atoms with Crippen LogP contribution >= 0.6 is 0 Å². The van der Waals surface area contributed by atoms with E-state index >= 15 is 0 Å². The quantitative estimate of drug-likeness (QED) is 0.108. The van der Waals surface area contributed by atoms with Gasteiger partial charge in [-0.1, -0.05) is 59.7 Å². The lowest BCUT2D eigenvalue weighted by atomic mass is 9.80. The highest BCUT2D eigenvalue weighted by atomic mass is 32.2. The van der Waals surface area contributed by atoms with Crippen molar-refractivity contribution in [3.8, 4) is 11.5 Å². The Morgan fingerprint density at radius 1 is 0.540 bits per heavy atom. The molecule has 0 aliphatic carbocycles. The molecule has 13 heteroatoms. The Hall–Kier alpha value is -4.11. The van der Waals surface area contributed by atoms with Crippen molar-refractivity contribution in [1.29, 1.82) is 0 Å². The monoisotopic (exact) mass is 726 g/mol. The summed E-state index contributed by atoms with van der Waals surface area (Å²) in [7, 11) is -7.81. The van der Waals surface area contributed by atoms with Gasteiger partial charge in [-0.2, -0.15) is 16.8 Å². The Morgan fingerprint density at radius 3 is 1.18 bits per heavy atom. The number of ether oxygens (including phenoxy) is 2. The summed E-state index contributed by atoms with van der Waals surface area (Å²) < 4.78 is 70.5. The molecule has 268 valence electrons. The molecule has 0 aliphatic heterocycles. The minimum absolute atomic E-state index is 0.0239. The SMILES string of the molecule is Cc1ccc(S(=O)(=O)OCCOc2ccc(CC(C)(O)C(=O)C(C)(O)Cc3ccc(OCCOS(=O)(=O)c4ccc(C)cc4)cc3)cc2)cc1. The summed E-state index contributed by atoms with van der Waals surface area (Å²) in [6, 6.07) is 25.8. The molecule has 0 fully saturated rings. The van der Waals surface area contributed by atoms with Crippen molar-refractivity contribution < 1.29 is 49.7 Å². The van der Waals surface area contributed by atoms with E-state index < -0.39 is 37.2 Å². The van der Waals surface area contributed by atoms with E-state index in [4.69, 9.17) is 17.8 Å². The third kappa shape index (κ3) is 10.9. The summed E-state index contributed by atoms with van der Waals surface area (Å²) in [5.41, 5.74) is -0.710. The van der Waals surface area contributed by atoms with Crippen molar-refractivity contribution in [1.82, 2.24) is 0 Å². The van der Waals surface area contributed by atoms with Crippen LogP contribution in [0.5, 0.6) is 11.5 Å². The molecule has 0 aliphatic rings. The lowest BCUT2D eigenvalue weighted by Gasteiger charge is -2.31. The molecule has 2 unspecified atom stereocenters. The van der Waals surface area contributed by atoms with Gasteiger partial charge >= 0.3 is 0 Å². The molecule has 0 heterocycles. The van der Waals surface area contributed by atoms with Crippen molar-refractivity contribution in [3.63, 3.8) is 0 Å². The first-order valence-corrected chi connectivity index (χ1v) is 18.6. The molecule has 4 aromatic rings. The predicted octanol–water partition coefficient (Wildman–Crippen LogP) is 4.73. The van der Waals surface area contributed by atoms with Crippen LogP contribution in [0.4, 0.5) is 0 Å². The smallest absolute Gasteiger partial charge is 0.297 e. The molecule has 0 saturated carbocycles. The average molecular weight is 727 g/mol. The molecule has 0 spiro atoms. The van der Waals surface area contributed by atoms with Crippen LogP contribution in [0.25, 0.3) is 0 Å². The van der Waals surface area contributed by atoms with E-state index in [0.29, 0.717) is 22.6 Å². The number of hydrogen-bond acceptors (Lipinski definition) is 11. The van der Waals surface area contributed by atoms with Crippen LogP contribution in [0, 0.1) is 13.8 Å². The normalized spacial score (nSPS) is 14.4. The Morgan fingerprint density at radius 2 is 0.860 bits per heavy atom. The molecular formula is C37H42O11S2. The molecule has 2 atom stereocenters. The van der Waals surface area contributed by atoms with Gasteiger partial charge in [0.1, 0.15) is 49.1 Å². The van der Waals surface area contributed by atoms with Crippen molar-refractivity contribution in [2.75, 3.05) is 26.4 Å². The molecule has 4 rings (SSSR count). The van der Waals surface area contributed by atoms with Gasteiger partial charge in [-0.3, -0.25) is 13.2 Å². The number of carbonyl (C=O) groups excluding carboxylic acids is 1. The van der Waals surface area contributed by atoms with Gasteiger partial charge in [0.2, 0.25) is 0 Å². The fourth-order valence-corrected chi connectivity index (χ4v) is 6.88. The van der Waals surface area contributed by atoms with Crippen molar-refractivity contribution in [3.05, 3.63) is 119 Å². The first kappa shape index (κ1) is 38.7. The van der Waals surface area contributed by atoms with Gasteiger partial charge in [0, 0.05) is 12.8 Å². The highest BCUT2D eigenvalue weighted by Gasteiger charge is 2.42. The summed E-state index contributed by atoms with van der Waals surface area (Å²) >= 11 is 0. The molecule has 0 radical (unpaired) electrons. The molecule has 0 bridgehead atoms. The largest absolute Gasteiger partial charge is 0.491 e. The van der Waals surface area contributed by atoms with Crippen LogP contribution in [-0.2, 0) is 46.2 Å². The lowest BCUT2D eigenvalue weighted by Crippen LogP contribution is -2.52. The van der Waals surface area contributed by atoms with E-state index in [0.717, 1.165) is 11.1 Å². The van der Waals surface area contributed by atoms with E-state index in [1.165, 1.54) is 38.1 Å². The fourth-order valence-electron chi connectivity index (χ4n) is 5.10. The van der Waals surface area contributed by atoms with E-state index in [1.54, 1.807) is 72.8 Å². The maximum absolute atomic E-state index is 13.3. The molecule has 50 heavy (non-hydrogen) atoms. The third-order valence-corrected chi connectivity index (χ3v) is 10.4. The Balaban J connectivity index is 1.22. The molecule has 11 nitrogen and oxygen atoms in total. The summed E-state index contributed by atoms with van der Waals surface area (Å²) in [4.78, 5) is 13.4. The zero-order valence-corrected chi connectivity index (χ0v) is 30.0. The second kappa shape index (κ2) is 16.3. The van der Waals surface area contributed by atoms with Crippen molar-refractivity contribution >= 4 is 26.0 Å². The molecule has 4 aromatic carbocycles. The fraction of sp³-hybridized carbons (Fsp3) is 0.324. The van der Waals surface area contributed by atoms with Crippen molar-refractivity contribution in [2.24, 2.45) is 0 Å². The first-order valence-electron chi connectivity index (χ1n) is 15.8. The average Bonchev–Trinajstić information content (AvgIpc) is 3.06. The van der Waals surface area contributed by atoms with Crippen LogP contribution < -0.4 is 9.47 Å². The highest BCUT2D eigenvalue weighted by Crippen LogP contribution is 2.26. The number of aryl methyl sites for hydroxylation is 2. The van der Waals surface area contributed by atoms with Crippen LogP contribution in [0.2, 0.25) is 0 Å². The lowest BCUT2D eigenvalue weighted by molar-refractivity contribution is -0.153. The van der Waals surface area contributed by atoms with Gasteiger partial charge in [0.05, 0.1) is 9.79 Å². The van der Waals surface area contributed by atoms with Gasteiger partial charge in [0.15, 0.2) is 5.78 Å². The first-order chi connectivity index (χ1) is 23.5. The van der Waals surface area contributed by atoms with Crippen LogP contribution in [0.15, 0.2) is 107 Å². The highest BCUT2D eigenvalue weighted by molar-refractivity contribution is 7.87. The van der Waals surface area contributed by atoms with E-state index in [1.807, 2.05) is 13.8 Å². The van der Waals surface area contributed by atoms with Crippen LogP contribution in [-0.4, -0.2) is 70.5 Å². The molecule has 2 N–H and O–H groups in total. The second-order valence-electron chi connectivity index (χ2n) is 12.4.